The Morgan fingerprint density at radius 3 is 2.46 bits per heavy atom. The number of piperidine rings is 1. The van der Waals surface area contributed by atoms with E-state index < -0.39 is 35.5 Å². The number of nitrogens with zero attached hydrogens (tertiary/aromatic N) is 1. The summed E-state index contributed by atoms with van der Waals surface area (Å²) in [4.78, 5) is 13.2. The number of halogens is 5. The van der Waals surface area contributed by atoms with Crippen LogP contribution in [0.5, 0.6) is 0 Å². The number of alkyl halides is 3. The highest BCUT2D eigenvalue weighted by Crippen LogP contribution is 2.39. The molecule has 0 aromatic heterocycles. The lowest BCUT2D eigenvalue weighted by molar-refractivity contribution is -0.143. The van der Waals surface area contributed by atoms with Crippen LogP contribution in [-0.4, -0.2) is 29.1 Å². The monoisotopic (exact) mass is 415 g/mol. The third-order valence-electron chi connectivity index (χ3n) is 4.97. The number of carbonyl (C=O) groups is 1. The molecule has 3 nitrogen and oxygen atoms in total. The van der Waals surface area contributed by atoms with Gasteiger partial charge in [0.15, 0.2) is 0 Å². The van der Waals surface area contributed by atoms with Gasteiger partial charge in [0.25, 0.3) is 0 Å². The third kappa shape index (κ3) is 4.47. The molecule has 0 spiro atoms. The largest absolute Gasteiger partial charge is 0.481 e. The van der Waals surface area contributed by atoms with Crippen molar-refractivity contribution < 1.29 is 27.5 Å². The maximum atomic E-state index is 13.4. The second kappa shape index (κ2) is 8.09. The van der Waals surface area contributed by atoms with E-state index in [1.807, 2.05) is 0 Å². The number of carboxylic acids is 1. The average molecular weight is 416 g/mol. The SMILES string of the molecule is O=C(O)C1CCCN(C(c2ccc(F)cc2)c2cc(C(F)(F)F)ccc2Cl)C1. The molecule has 2 unspecified atom stereocenters. The average Bonchev–Trinajstić information content (AvgIpc) is 2.64. The standard InChI is InChI=1S/C20H18ClF4NO2/c21-17-8-5-14(20(23,24)25)10-16(17)18(12-3-6-15(22)7-4-12)26-9-1-2-13(11-26)19(27)28/h3-8,10,13,18H,1-2,9,11H2,(H,27,28). The highest BCUT2D eigenvalue weighted by Gasteiger charge is 2.35. The fraction of sp³-hybridized carbons (Fsp3) is 0.350. The first kappa shape index (κ1) is 20.6. The van der Waals surface area contributed by atoms with Gasteiger partial charge in [0.1, 0.15) is 5.82 Å². The zero-order valence-electron chi connectivity index (χ0n) is 14.7. The molecule has 0 amide bonds. The van der Waals surface area contributed by atoms with E-state index in [2.05, 4.69) is 0 Å². The molecule has 2 aromatic rings. The van der Waals surface area contributed by atoms with Gasteiger partial charge in [-0.2, -0.15) is 13.2 Å². The lowest BCUT2D eigenvalue weighted by atomic mass is 9.90. The van der Waals surface area contributed by atoms with Crippen LogP contribution in [0.4, 0.5) is 17.6 Å². The molecule has 1 aliphatic rings. The van der Waals surface area contributed by atoms with Gasteiger partial charge in [-0.3, -0.25) is 9.69 Å². The molecule has 3 rings (SSSR count). The molecule has 0 radical (unpaired) electrons. The summed E-state index contributed by atoms with van der Waals surface area (Å²) in [6.45, 7) is 0.669. The minimum absolute atomic E-state index is 0.139. The topological polar surface area (TPSA) is 40.5 Å². The van der Waals surface area contributed by atoms with Crippen LogP contribution in [0, 0.1) is 11.7 Å². The second-order valence-electron chi connectivity index (χ2n) is 6.86. The first-order valence-electron chi connectivity index (χ1n) is 8.76. The summed E-state index contributed by atoms with van der Waals surface area (Å²) in [5.41, 5.74) is -0.0754. The van der Waals surface area contributed by atoms with E-state index in [0.717, 1.165) is 12.1 Å². The van der Waals surface area contributed by atoms with Crippen molar-refractivity contribution in [3.05, 3.63) is 70.0 Å². The van der Waals surface area contributed by atoms with E-state index in [9.17, 15) is 27.5 Å². The summed E-state index contributed by atoms with van der Waals surface area (Å²) in [5, 5.41) is 9.51. The number of rotatable bonds is 4. The zero-order chi connectivity index (χ0) is 20.5. The van der Waals surface area contributed by atoms with E-state index in [-0.39, 0.29) is 17.1 Å². The fourth-order valence-corrected chi connectivity index (χ4v) is 3.83. The Morgan fingerprint density at radius 2 is 1.86 bits per heavy atom. The van der Waals surface area contributed by atoms with Gasteiger partial charge >= 0.3 is 12.1 Å². The van der Waals surface area contributed by atoms with Crippen LogP contribution in [0.3, 0.4) is 0 Å². The van der Waals surface area contributed by atoms with Crippen molar-refractivity contribution >= 4 is 17.6 Å². The van der Waals surface area contributed by atoms with Gasteiger partial charge in [0.2, 0.25) is 0 Å². The Balaban J connectivity index is 2.09. The van der Waals surface area contributed by atoms with Gasteiger partial charge in [-0.25, -0.2) is 4.39 Å². The molecule has 28 heavy (non-hydrogen) atoms. The van der Waals surface area contributed by atoms with Gasteiger partial charge in [0.05, 0.1) is 17.5 Å². The first-order valence-corrected chi connectivity index (χ1v) is 9.13. The molecule has 1 aliphatic heterocycles. The molecule has 8 heteroatoms. The van der Waals surface area contributed by atoms with Gasteiger partial charge < -0.3 is 5.11 Å². The summed E-state index contributed by atoms with van der Waals surface area (Å²) in [6.07, 6.45) is -3.46. The quantitative estimate of drug-likeness (QED) is 0.681. The first-order chi connectivity index (χ1) is 13.2. The molecule has 2 atom stereocenters. The Kier molecular flexibility index (Phi) is 5.95. The molecule has 2 aromatic carbocycles. The van der Waals surface area contributed by atoms with Crippen LogP contribution in [0.15, 0.2) is 42.5 Å². The predicted molar refractivity (Wildman–Crippen MR) is 96.6 cm³/mol. The molecule has 1 heterocycles. The number of likely N-dealkylation sites (tertiary alicyclic amines) is 1. The second-order valence-corrected chi connectivity index (χ2v) is 7.27. The molecule has 0 aliphatic carbocycles. The van der Waals surface area contributed by atoms with Crippen molar-refractivity contribution in [2.75, 3.05) is 13.1 Å². The van der Waals surface area contributed by atoms with Crippen LogP contribution in [-0.2, 0) is 11.0 Å². The minimum atomic E-state index is -4.54. The van der Waals surface area contributed by atoms with Crippen molar-refractivity contribution in [2.24, 2.45) is 5.92 Å². The number of carboxylic acid groups (broad SMARTS) is 1. The van der Waals surface area contributed by atoms with Crippen LogP contribution >= 0.6 is 11.6 Å². The Hall–Kier alpha value is -2.12. The van der Waals surface area contributed by atoms with Gasteiger partial charge in [-0.1, -0.05) is 23.7 Å². The predicted octanol–water partition coefficient (Wildman–Crippen LogP) is 5.38. The van der Waals surface area contributed by atoms with Gasteiger partial charge in [-0.15, -0.1) is 0 Å². The Bertz CT molecular complexity index is 854. The van der Waals surface area contributed by atoms with Crippen molar-refractivity contribution in [3.8, 4) is 0 Å². The maximum Gasteiger partial charge on any atom is 0.416 e. The van der Waals surface area contributed by atoms with Crippen LogP contribution in [0.2, 0.25) is 5.02 Å². The summed E-state index contributed by atoms with van der Waals surface area (Å²) < 4.78 is 53.1. The van der Waals surface area contributed by atoms with E-state index in [4.69, 9.17) is 11.6 Å². The van der Waals surface area contributed by atoms with Crippen LogP contribution in [0.25, 0.3) is 0 Å². The Labute approximate surface area is 164 Å². The van der Waals surface area contributed by atoms with E-state index >= 15 is 0 Å². The van der Waals surface area contributed by atoms with Gasteiger partial charge in [-0.05, 0) is 60.8 Å². The third-order valence-corrected chi connectivity index (χ3v) is 5.32. The van der Waals surface area contributed by atoms with Crippen molar-refractivity contribution in [3.63, 3.8) is 0 Å². The molecule has 0 saturated carbocycles. The lowest BCUT2D eigenvalue weighted by Gasteiger charge is -2.38. The maximum absolute atomic E-state index is 13.4. The summed E-state index contributed by atoms with van der Waals surface area (Å²) in [7, 11) is 0. The molecule has 0 bridgehead atoms. The molecule has 1 saturated heterocycles. The fourth-order valence-electron chi connectivity index (χ4n) is 3.60. The van der Waals surface area contributed by atoms with E-state index in [1.54, 1.807) is 4.90 Å². The molecular weight excluding hydrogens is 398 g/mol. The number of hydrogen-bond acceptors (Lipinski definition) is 2. The summed E-state index contributed by atoms with van der Waals surface area (Å²) in [5.74, 6) is -2.04. The molecule has 150 valence electrons. The number of hydrogen-bond donors (Lipinski definition) is 1. The Morgan fingerprint density at radius 1 is 1.18 bits per heavy atom. The highest BCUT2D eigenvalue weighted by molar-refractivity contribution is 6.31. The molecular formula is C20H18ClF4NO2. The number of aliphatic carboxylic acids is 1. The summed E-state index contributed by atoms with van der Waals surface area (Å²) in [6, 6.07) is 7.80. The van der Waals surface area contributed by atoms with Crippen molar-refractivity contribution in [1.29, 1.82) is 0 Å². The normalized spacial score (nSPS) is 19.4. The van der Waals surface area contributed by atoms with E-state index in [1.165, 1.54) is 30.3 Å². The number of benzene rings is 2. The zero-order valence-corrected chi connectivity index (χ0v) is 15.5. The van der Waals surface area contributed by atoms with Crippen molar-refractivity contribution in [2.45, 2.75) is 25.1 Å². The smallest absolute Gasteiger partial charge is 0.416 e. The highest BCUT2D eigenvalue weighted by atomic mass is 35.5. The van der Waals surface area contributed by atoms with Crippen LogP contribution in [0.1, 0.15) is 35.6 Å². The minimum Gasteiger partial charge on any atom is -0.481 e. The summed E-state index contributed by atoms with van der Waals surface area (Å²) >= 11 is 6.26. The van der Waals surface area contributed by atoms with Crippen molar-refractivity contribution in [1.82, 2.24) is 4.90 Å². The van der Waals surface area contributed by atoms with E-state index in [0.29, 0.717) is 24.9 Å². The molecule has 1 fully saturated rings. The van der Waals surface area contributed by atoms with Gasteiger partial charge in [0, 0.05) is 11.6 Å². The molecule has 1 N–H and O–H groups in total. The van der Waals surface area contributed by atoms with Crippen LogP contribution < -0.4 is 0 Å². The lowest BCUT2D eigenvalue weighted by Crippen LogP contribution is -2.41.